The van der Waals surface area contributed by atoms with Gasteiger partial charge in [0.25, 0.3) is 0 Å². The molecule has 1 unspecified atom stereocenters. The lowest BCUT2D eigenvalue weighted by molar-refractivity contribution is 0.462. The molecule has 15 heavy (non-hydrogen) atoms. The molecule has 1 rings (SSSR count). The van der Waals surface area contributed by atoms with Crippen LogP contribution in [0, 0.1) is 0 Å². The maximum absolute atomic E-state index is 6.03. The number of pyridine rings is 1. The molecule has 0 bridgehead atoms. The molecule has 0 saturated carbocycles. The summed E-state index contributed by atoms with van der Waals surface area (Å²) in [7, 11) is 0. The Balaban J connectivity index is 2.45. The van der Waals surface area contributed by atoms with Gasteiger partial charge in [-0.2, -0.15) is 0 Å². The van der Waals surface area contributed by atoms with Gasteiger partial charge in [0, 0.05) is 25.0 Å². The number of halogens is 1. The van der Waals surface area contributed by atoms with Crippen LogP contribution in [0.5, 0.6) is 0 Å². The van der Waals surface area contributed by atoms with Crippen LogP contribution in [-0.4, -0.2) is 11.0 Å². The van der Waals surface area contributed by atoms with Crippen molar-refractivity contribution in [3.05, 3.63) is 29.0 Å². The van der Waals surface area contributed by atoms with Gasteiger partial charge in [-0.25, -0.2) is 0 Å². The average Bonchev–Trinajstić information content (AvgIpc) is 2.26. The zero-order chi connectivity index (χ0) is 11.1. The molecule has 3 heteroatoms. The highest BCUT2D eigenvalue weighted by atomic mass is 35.5. The molecule has 0 aromatic carbocycles. The molecule has 0 aliphatic carbocycles. The molecule has 1 aromatic heterocycles. The first kappa shape index (κ1) is 12.5. The van der Waals surface area contributed by atoms with Crippen LogP contribution in [0.3, 0.4) is 0 Å². The molecule has 1 aromatic rings. The highest BCUT2D eigenvalue weighted by Crippen LogP contribution is 2.13. The highest BCUT2D eigenvalue weighted by Gasteiger charge is 2.05. The van der Waals surface area contributed by atoms with E-state index >= 15 is 0 Å². The largest absolute Gasteiger partial charge is 0.310 e. The maximum atomic E-state index is 6.03. The molecule has 0 amide bonds. The predicted molar refractivity (Wildman–Crippen MR) is 65.1 cm³/mol. The Morgan fingerprint density at radius 3 is 2.87 bits per heavy atom. The van der Waals surface area contributed by atoms with E-state index < -0.39 is 0 Å². The van der Waals surface area contributed by atoms with Crippen molar-refractivity contribution in [2.75, 3.05) is 0 Å². The number of rotatable bonds is 6. The van der Waals surface area contributed by atoms with Gasteiger partial charge in [-0.1, -0.05) is 31.9 Å². The van der Waals surface area contributed by atoms with Gasteiger partial charge >= 0.3 is 0 Å². The number of nitrogens with one attached hydrogen (secondary N) is 1. The second-order valence-electron chi connectivity index (χ2n) is 3.74. The standard InChI is InChI=1S/C12H19ClN2/c1-3-5-11(4-2)15-8-10-6-7-14-9-12(10)13/h6-7,9,11,15H,3-5,8H2,1-2H3. The highest BCUT2D eigenvalue weighted by molar-refractivity contribution is 6.31. The Morgan fingerprint density at radius 1 is 1.47 bits per heavy atom. The summed E-state index contributed by atoms with van der Waals surface area (Å²) in [5.74, 6) is 0. The third-order valence-corrected chi connectivity index (χ3v) is 2.91. The molecule has 0 spiro atoms. The minimum atomic E-state index is 0.597. The van der Waals surface area contributed by atoms with Crippen LogP contribution < -0.4 is 5.32 Å². The Bertz CT molecular complexity index is 289. The van der Waals surface area contributed by atoms with Crippen LogP contribution in [-0.2, 0) is 6.54 Å². The molecule has 0 aliphatic rings. The van der Waals surface area contributed by atoms with Crippen LogP contribution in [0.15, 0.2) is 18.5 Å². The summed E-state index contributed by atoms with van der Waals surface area (Å²) in [5, 5.41) is 4.26. The fraction of sp³-hybridized carbons (Fsp3) is 0.583. The van der Waals surface area contributed by atoms with Crippen LogP contribution in [0.1, 0.15) is 38.7 Å². The van der Waals surface area contributed by atoms with Crippen LogP contribution >= 0.6 is 11.6 Å². The van der Waals surface area contributed by atoms with Gasteiger partial charge in [-0.3, -0.25) is 4.98 Å². The van der Waals surface area contributed by atoms with E-state index in [4.69, 9.17) is 11.6 Å². The zero-order valence-corrected chi connectivity index (χ0v) is 10.2. The van der Waals surface area contributed by atoms with Gasteiger partial charge in [-0.05, 0) is 24.5 Å². The molecule has 0 fully saturated rings. The van der Waals surface area contributed by atoms with E-state index in [1.165, 1.54) is 12.8 Å². The van der Waals surface area contributed by atoms with Crippen molar-refractivity contribution in [3.63, 3.8) is 0 Å². The Kier molecular flexibility index (Phi) is 5.66. The third-order valence-electron chi connectivity index (χ3n) is 2.57. The summed E-state index contributed by atoms with van der Waals surface area (Å²) in [6.45, 7) is 5.26. The molecule has 84 valence electrons. The second-order valence-corrected chi connectivity index (χ2v) is 4.15. The summed E-state index contributed by atoms with van der Waals surface area (Å²) in [4.78, 5) is 3.97. The molecular weight excluding hydrogens is 208 g/mol. The average molecular weight is 227 g/mol. The first-order valence-corrected chi connectivity index (χ1v) is 5.97. The van der Waals surface area contributed by atoms with Crippen LogP contribution in [0.4, 0.5) is 0 Å². The van der Waals surface area contributed by atoms with Gasteiger partial charge in [0.2, 0.25) is 0 Å². The van der Waals surface area contributed by atoms with Crippen molar-refractivity contribution >= 4 is 11.6 Å². The predicted octanol–water partition coefficient (Wildman–Crippen LogP) is 3.40. The van der Waals surface area contributed by atoms with E-state index in [9.17, 15) is 0 Å². The van der Waals surface area contributed by atoms with E-state index in [0.717, 1.165) is 23.6 Å². The van der Waals surface area contributed by atoms with Gasteiger partial charge in [-0.15, -0.1) is 0 Å². The molecule has 1 N–H and O–H groups in total. The molecular formula is C12H19ClN2. The van der Waals surface area contributed by atoms with Crippen molar-refractivity contribution in [1.82, 2.24) is 10.3 Å². The molecule has 0 aliphatic heterocycles. The summed E-state index contributed by atoms with van der Waals surface area (Å²) >= 11 is 6.03. The van der Waals surface area contributed by atoms with Gasteiger partial charge in [0.15, 0.2) is 0 Å². The van der Waals surface area contributed by atoms with Gasteiger partial charge in [0.05, 0.1) is 5.02 Å². The first-order valence-electron chi connectivity index (χ1n) is 5.59. The lowest BCUT2D eigenvalue weighted by Crippen LogP contribution is -2.27. The van der Waals surface area contributed by atoms with Crippen molar-refractivity contribution in [2.24, 2.45) is 0 Å². The van der Waals surface area contributed by atoms with E-state index in [-0.39, 0.29) is 0 Å². The normalized spacial score (nSPS) is 12.7. The topological polar surface area (TPSA) is 24.9 Å². The number of nitrogens with zero attached hydrogens (tertiary/aromatic N) is 1. The van der Waals surface area contributed by atoms with Crippen LogP contribution in [0.25, 0.3) is 0 Å². The molecule has 1 atom stereocenters. The summed E-state index contributed by atoms with van der Waals surface area (Å²) in [6, 6.07) is 2.56. The fourth-order valence-corrected chi connectivity index (χ4v) is 1.79. The van der Waals surface area contributed by atoms with Crippen molar-refractivity contribution < 1.29 is 0 Å². The second kappa shape index (κ2) is 6.81. The van der Waals surface area contributed by atoms with Gasteiger partial charge in [0.1, 0.15) is 0 Å². The van der Waals surface area contributed by atoms with E-state index in [1.807, 2.05) is 6.07 Å². The minimum absolute atomic E-state index is 0.597. The van der Waals surface area contributed by atoms with E-state index in [0.29, 0.717) is 6.04 Å². The maximum Gasteiger partial charge on any atom is 0.0634 e. The van der Waals surface area contributed by atoms with Gasteiger partial charge < -0.3 is 5.32 Å². The Hall–Kier alpha value is -0.600. The number of hydrogen-bond donors (Lipinski definition) is 1. The van der Waals surface area contributed by atoms with Crippen molar-refractivity contribution in [3.8, 4) is 0 Å². The number of aromatic nitrogens is 1. The fourth-order valence-electron chi connectivity index (χ4n) is 1.60. The summed E-state index contributed by atoms with van der Waals surface area (Å²) in [6.07, 6.45) is 7.08. The van der Waals surface area contributed by atoms with E-state index in [1.54, 1.807) is 12.4 Å². The monoisotopic (exact) mass is 226 g/mol. The smallest absolute Gasteiger partial charge is 0.0634 e. The molecule has 2 nitrogen and oxygen atoms in total. The number of hydrogen-bond acceptors (Lipinski definition) is 2. The Morgan fingerprint density at radius 2 is 2.27 bits per heavy atom. The summed E-state index contributed by atoms with van der Waals surface area (Å²) in [5.41, 5.74) is 1.13. The van der Waals surface area contributed by atoms with Crippen LogP contribution in [0.2, 0.25) is 5.02 Å². The zero-order valence-electron chi connectivity index (χ0n) is 9.46. The lowest BCUT2D eigenvalue weighted by atomic mass is 10.1. The van der Waals surface area contributed by atoms with E-state index in [2.05, 4.69) is 24.1 Å². The molecule has 0 radical (unpaired) electrons. The van der Waals surface area contributed by atoms with Crippen molar-refractivity contribution in [2.45, 2.75) is 45.7 Å². The lowest BCUT2D eigenvalue weighted by Gasteiger charge is -2.16. The molecule has 1 heterocycles. The summed E-state index contributed by atoms with van der Waals surface area (Å²) < 4.78 is 0. The first-order chi connectivity index (χ1) is 7.27. The Labute approximate surface area is 97.1 Å². The SMILES string of the molecule is CCCC(CC)NCc1ccncc1Cl. The minimum Gasteiger partial charge on any atom is -0.310 e. The van der Waals surface area contributed by atoms with Crippen molar-refractivity contribution in [1.29, 1.82) is 0 Å². The quantitative estimate of drug-likeness (QED) is 0.804. The third kappa shape index (κ3) is 4.18. The molecule has 0 saturated heterocycles.